The van der Waals surface area contributed by atoms with E-state index < -0.39 is 0 Å². The highest BCUT2D eigenvalue weighted by molar-refractivity contribution is 7.21. The minimum Gasteiger partial charge on any atom is -0.491 e. The maximum atomic E-state index is 9.78. The molecule has 0 fully saturated rings. The van der Waals surface area contributed by atoms with Gasteiger partial charge in [-0.05, 0) is 23.8 Å². The first kappa shape index (κ1) is 19.7. The predicted octanol–water partition coefficient (Wildman–Crippen LogP) is 2.86. The molecule has 1 aromatic carbocycles. The summed E-state index contributed by atoms with van der Waals surface area (Å²) in [6.07, 6.45) is 1.81. The quantitative estimate of drug-likeness (QED) is 0.398. The van der Waals surface area contributed by atoms with Crippen LogP contribution < -0.4 is 21.1 Å². The molecule has 0 atom stereocenters. The van der Waals surface area contributed by atoms with Gasteiger partial charge in [0.25, 0.3) is 0 Å². The second kappa shape index (κ2) is 7.80. The number of anilines is 3. The summed E-state index contributed by atoms with van der Waals surface area (Å²) in [5, 5.41) is 10.4. The highest BCUT2D eigenvalue weighted by Crippen LogP contribution is 2.34. The number of pyridine rings is 1. The standard InChI is InChI=1S/C20H18ClN7O2S/c21-16-13(9-29)17(27-19(22)26-16)28-3-4-30-15-2-1-10(5-12(15)8-28)11-6-14-18(24-7-11)31-20(23)25-14/h1-2,5-7,29H,3-4,8-9H2,(H2,23,25)(H2,22,26,27). The number of thiazole rings is 1. The Balaban J connectivity index is 1.53. The van der Waals surface area contributed by atoms with Crippen LogP contribution in [0.1, 0.15) is 11.1 Å². The third kappa shape index (κ3) is 3.69. The number of nitrogen functional groups attached to an aromatic ring is 2. The van der Waals surface area contributed by atoms with E-state index in [2.05, 4.69) is 26.0 Å². The number of aliphatic hydroxyl groups excluding tert-OH is 1. The van der Waals surface area contributed by atoms with Gasteiger partial charge in [0.1, 0.15) is 33.7 Å². The van der Waals surface area contributed by atoms with Crippen LogP contribution in [0.2, 0.25) is 5.15 Å². The van der Waals surface area contributed by atoms with Crippen LogP contribution in [-0.4, -0.2) is 38.2 Å². The molecule has 0 saturated carbocycles. The maximum Gasteiger partial charge on any atom is 0.223 e. The van der Waals surface area contributed by atoms with Crippen molar-refractivity contribution in [3.05, 3.63) is 46.7 Å². The normalized spacial score (nSPS) is 13.7. The number of aliphatic hydroxyl groups is 1. The summed E-state index contributed by atoms with van der Waals surface area (Å²) in [5.41, 5.74) is 15.7. The third-order valence-corrected chi connectivity index (χ3v) is 6.17. The number of hydrogen-bond donors (Lipinski definition) is 3. The molecule has 9 nitrogen and oxygen atoms in total. The minimum absolute atomic E-state index is 0.0539. The number of halogens is 1. The van der Waals surface area contributed by atoms with Crippen LogP contribution in [0.5, 0.6) is 5.75 Å². The summed E-state index contributed by atoms with van der Waals surface area (Å²) < 4.78 is 5.94. The highest BCUT2D eigenvalue weighted by Gasteiger charge is 2.22. The summed E-state index contributed by atoms with van der Waals surface area (Å²) in [6.45, 7) is 1.21. The number of hydrogen-bond acceptors (Lipinski definition) is 10. The van der Waals surface area contributed by atoms with Gasteiger partial charge in [0.15, 0.2) is 5.13 Å². The third-order valence-electron chi connectivity index (χ3n) is 5.05. The zero-order valence-electron chi connectivity index (χ0n) is 16.2. The van der Waals surface area contributed by atoms with Crippen molar-refractivity contribution in [3.8, 4) is 16.9 Å². The molecule has 0 spiro atoms. The smallest absolute Gasteiger partial charge is 0.223 e. The molecule has 0 aliphatic carbocycles. The van der Waals surface area contributed by atoms with Gasteiger partial charge in [-0.25, -0.2) is 15.0 Å². The molecule has 0 unspecified atom stereocenters. The highest BCUT2D eigenvalue weighted by atomic mass is 35.5. The molecule has 158 valence electrons. The number of nitrogens with two attached hydrogens (primary N) is 2. The van der Waals surface area contributed by atoms with E-state index in [0.29, 0.717) is 36.2 Å². The Kier molecular flexibility index (Phi) is 4.97. The van der Waals surface area contributed by atoms with E-state index in [0.717, 1.165) is 32.8 Å². The first-order chi connectivity index (χ1) is 15.0. The number of rotatable bonds is 3. The Morgan fingerprint density at radius 1 is 1.16 bits per heavy atom. The van der Waals surface area contributed by atoms with Crippen molar-refractivity contribution in [2.75, 3.05) is 29.5 Å². The maximum absolute atomic E-state index is 9.78. The average Bonchev–Trinajstić information content (AvgIpc) is 2.98. The number of benzene rings is 1. The SMILES string of the molecule is Nc1nc(Cl)c(CO)c(N2CCOc3ccc(-c4cnc5sc(N)nc5c4)cc3C2)n1. The van der Waals surface area contributed by atoms with Crippen molar-refractivity contribution in [1.82, 2.24) is 19.9 Å². The number of fused-ring (bicyclic) bond motifs is 2. The van der Waals surface area contributed by atoms with Crippen LogP contribution >= 0.6 is 22.9 Å². The molecular weight excluding hydrogens is 438 g/mol. The topological polar surface area (TPSA) is 136 Å². The number of nitrogens with zero attached hydrogens (tertiary/aromatic N) is 5. The summed E-state index contributed by atoms with van der Waals surface area (Å²) >= 11 is 7.54. The lowest BCUT2D eigenvalue weighted by molar-refractivity contribution is 0.281. The fourth-order valence-electron chi connectivity index (χ4n) is 3.61. The molecule has 0 radical (unpaired) electrons. The summed E-state index contributed by atoms with van der Waals surface area (Å²) in [4.78, 5) is 19.9. The lowest BCUT2D eigenvalue weighted by Crippen LogP contribution is -2.28. The fourth-order valence-corrected chi connectivity index (χ4v) is 4.50. The van der Waals surface area contributed by atoms with Crippen molar-refractivity contribution < 1.29 is 9.84 Å². The molecule has 4 heterocycles. The van der Waals surface area contributed by atoms with E-state index in [-0.39, 0.29) is 17.7 Å². The van der Waals surface area contributed by atoms with Crippen LogP contribution in [0.15, 0.2) is 30.5 Å². The van der Waals surface area contributed by atoms with Gasteiger partial charge in [-0.2, -0.15) is 4.98 Å². The Morgan fingerprint density at radius 2 is 2.03 bits per heavy atom. The van der Waals surface area contributed by atoms with Crippen LogP contribution in [0, 0.1) is 0 Å². The summed E-state index contributed by atoms with van der Waals surface area (Å²) in [6, 6.07) is 7.96. The lowest BCUT2D eigenvalue weighted by Gasteiger charge is -2.23. The van der Waals surface area contributed by atoms with Crippen LogP contribution in [0.4, 0.5) is 16.9 Å². The summed E-state index contributed by atoms with van der Waals surface area (Å²) in [7, 11) is 0. The average molecular weight is 456 g/mol. The van der Waals surface area contributed by atoms with E-state index in [9.17, 15) is 5.11 Å². The minimum atomic E-state index is -0.291. The largest absolute Gasteiger partial charge is 0.491 e. The fraction of sp³-hybridized carbons (Fsp3) is 0.200. The zero-order valence-corrected chi connectivity index (χ0v) is 17.8. The van der Waals surface area contributed by atoms with Crippen molar-refractivity contribution in [2.24, 2.45) is 0 Å². The Morgan fingerprint density at radius 3 is 2.87 bits per heavy atom. The van der Waals surface area contributed by atoms with Gasteiger partial charge in [0.05, 0.1) is 18.7 Å². The Labute approximate surface area is 186 Å². The predicted molar refractivity (Wildman–Crippen MR) is 121 cm³/mol. The van der Waals surface area contributed by atoms with Crippen LogP contribution in [0.3, 0.4) is 0 Å². The molecule has 0 saturated heterocycles. The first-order valence-electron chi connectivity index (χ1n) is 9.47. The molecule has 4 aromatic rings. The number of aromatic nitrogens is 4. The van der Waals surface area contributed by atoms with Gasteiger partial charge < -0.3 is 26.2 Å². The van der Waals surface area contributed by atoms with Crippen molar-refractivity contribution in [1.29, 1.82) is 0 Å². The second-order valence-corrected chi connectivity index (χ2v) is 8.39. The Hall–Kier alpha value is -3.21. The van der Waals surface area contributed by atoms with E-state index in [4.69, 9.17) is 27.8 Å². The molecule has 5 rings (SSSR count). The lowest BCUT2D eigenvalue weighted by atomic mass is 10.0. The van der Waals surface area contributed by atoms with Gasteiger partial charge in [-0.15, -0.1) is 0 Å². The van der Waals surface area contributed by atoms with E-state index in [1.807, 2.05) is 29.3 Å². The van der Waals surface area contributed by atoms with Crippen molar-refractivity contribution in [3.63, 3.8) is 0 Å². The molecule has 1 aliphatic rings. The van der Waals surface area contributed by atoms with Gasteiger partial charge in [0.2, 0.25) is 5.95 Å². The van der Waals surface area contributed by atoms with E-state index in [1.54, 1.807) is 0 Å². The summed E-state index contributed by atoms with van der Waals surface area (Å²) in [5.74, 6) is 1.35. The van der Waals surface area contributed by atoms with E-state index >= 15 is 0 Å². The molecule has 1 aliphatic heterocycles. The molecule has 31 heavy (non-hydrogen) atoms. The van der Waals surface area contributed by atoms with Crippen molar-refractivity contribution >= 4 is 50.2 Å². The molecule has 3 aromatic heterocycles. The van der Waals surface area contributed by atoms with E-state index in [1.165, 1.54) is 11.3 Å². The molecule has 0 bridgehead atoms. The number of ether oxygens (including phenoxy) is 1. The van der Waals surface area contributed by atoms with Gasteiger partial charge in [-0.3, -0.25) is 0 Å². The van der Waals surface area contributed by atoms with Crippen LogP contribution in [-0.2, 0) is 13.2 Å². The van der Waals surface area contributed by atoms with Crippen LogP contribution in [0.25, 0.3) is 21.5 Å². The molecule has 11 heteroatoms. The monoisotopic (exact) mass is 455 g/mol. The van der Waals surface area contributed by atoms with Crippen molar-refractivity contribution in [2.45, 2.75) is 13.2 Å². The molecular formula is C20H18ClN7O2S. The van der Waals surface area contributed by atoms with Gasteiger partial charge in [-0.1, -0.05) is 29.0 Å². The zero-order chi connectivity index (χ0) is 21.5. The first-order valence-corrected chi connectivity index (χ1v) is 10.7. The van der Waals surface area contributed by atoms with Gasteiger partial charge >= 0.3 is 0 Å². The Bertz CT molecular complexity index is 1300. The van der Waals surface area contributed by atoms with Gasteiger partial charge in [0, 0.05) is 23.9 Å². The molecule has 5 N–H and O–H groups in total. The second-order valence-electron chi connectivity index (χ2n) is 7.03. The molecule has 0 amide bonds.